The summed E-state index contributed by atoms with van der Waals surface area (Å²) in [4.78, 5) is 16.6. The fourth-order valence-electron chi connectivity index (χ4n) is 2.48. The maximum absolute atomic E-state index is 12.3. The standard InChI is InChI=1S/C17H23N3O/c1-17(2,3)10-12(18)11-20-16(21)14-6-4-8-15-13(14)7-5-9-19-15/h4-9,12H,10-11,18H2,1-3H3,(H,20,21). The van der Waals surface area contributed by atoms with Crippen molar-refractivity contribution in [2.24, 2.45) is 11.1 Å². The maximum atomic E-state index is 12.3. The number of hydrogen-bond donors (Lipinski definition) is 2. The van der Waals surface area contributed by atoms with Gasteiger partial charge in [-0.2, -0.15) is 0 Å². The van der Waals surface area contributed by atoms with Gasteiger partial charge in [0.1, 0.15) is 0 Å². The molecule has 4 nitrogen and oxygen atoms in total. The van der Waals surface area contributed by atoms with Crippen molar-refractivity contribution in [3.63, 3.8) is 0 Å². The monoisotopic (exact) mass is 285 g/mol. The van der Waals surface area contributed by atoms with Crippen LogP contribution in [0.15, 0.2) is 36.5 Å². The highest BCUT2D eigenvalue weighted by atomic mass is 16.1. The predicted molar refractivity (Wildman–Crippen MR) is 86.1 cm³/mol. The Morgan fingerprint density at radius 1 is 1.29 bits per heavy atom. The number of nitrogens with zero attached hydrogens (tertiary/aromatic N) is 1. The number of benzene rings is 1. The van der Waals surface area contributed by atoms with E-state index in [4.69, 9.17) is 5.73 Å². The number of aromatic nitrogens is 1. The number of hydrogen-bond acceptors (Lipinski definition) is 3. The molecule has 1 unspecified atom stereocenters. The minimum atomic E-state index is -0.0991. The molecule has 1 heterocycles. The Morgan fingerprint density at radius 2 is 2.05 bits per heavy atom. The number of nitrogens with two attached hydrogens (primary N) is 1. The van der Waals surface area contributed by atoms with Gasteiger partial charge in [0.2, 0.25) is 0 Å². The molecule has 0 aliphatic rings. The summed E-state index contributed by atoms with van der Waals surface area (Å²) >= 11 is 0. The Hall–Kier alpha value is -1.94. The third kappa shape index (κ3) is 4.26. The highest BCUT2D eigenvalue weighted by Crippen LogP contribution is 2.20. The van der Waals surface area contributed by atoms with Crippen LogP contribution in [-0.2, 0) is 0 Å². The largest absolute Gasteiger partial charge is 0.350 e. The van der Waals surface area contributed by atoms with Crippen LogP contribution in [0.3, 0.4) is 0 Å². The van der Waals surface area contributed by atoms with E-state index in [1.54, 1.807) is 6.20 Å². The Morgan fingerprint density at radius 3 is 2.76 bits per heavy atom. The summed E-state index contributed by atoms with van der Waals surface area (Å²) in [5.41, 5.74) is 7.70. The van der Waals surface area contributed by atoms with Crippen molar-refractivity contribution in [2.75, 3.05) is 6.54 Å². The van der Waals surface area contributed by atoms with Crippen LogP contribution in [-0.4, -0.2) is 23.5 Å². The topological polar surface area (TPSA) is 68.0 Å². The van der Waals surface area contributed by atoms with E-state index in [0.717, 1.165) is 17.3 Å². The minimum absolute atomic E-state index is 0.0398. The molecule has 1 aromatic heterocycles. The van der Waals surface area contributed by atoms with Crippen LogP contribution in [0.5, 0.6) is 0 Å². The van der Waals surface area contributed by atoms with E-state index in [0.29, 0.717) is 12.1 Å². The Labute approximate surface area is 125 Å². The van der Waals surface area contributed by atoms with Gasteiger partial charge in [-0.25, -0.2) is 0 Å². The van der Waals surface area contributed by atoms with Crippen LogP contribution in [0.4, 0.5) is 0 Å². The van der Waals surface area contributed by atoms with E-state index >= 15 is 0 Å². The normalized spacial score (nSPS) is 13.1. The van der Waals surface area contributed by atoms with Gasteiger partial charge in [0.25, 0.3) is 5.91 Å². The van der Waals surface area contributed by atoms with Crippen molar-refractivity contribution in [3.05, 3.63) is 42.1 Å². The van der Waals surface area contributed by atoms with Crippen LogP contribution in [0.25, 0.3) is 10.9 Å². The molecular formula is C17H23N3O. The van der Waals surface area contributed by atoms with Crippen molar-refractivity contribution in [1.29, 1.82) is 0 Å². The lowest BCUT2D eigenvalue weighted by atomic mass is 9.88. The van der Waals surface area contributed by atoms with Gasteiger partial charge in [0.15, 0.2) is 0 Å². The van der Waals surface area contributed by atoms with Crippen molar-refractivity contribution in [2.45, 2.75) is 33.2 Å². The van der Waals surface area contributed by atoms with E-state index in [1.807, 2.05) is 30.3 Å². The molecule has 21 heavy (non-hydrogen) atoms. The first kappa shape index (κ1) is 15.4. The molecule has 0 fully saturated rings. The van der Waals surface area contributed by atoms with Crippen molar-refractivity contribution in [1.82, 2.24) is 10.3 Å². The molecule has 1 aromatic carbocycles. The van der Waals surface area contributed by atoms with Crippen molar-refractivity contribution >= 4 is 16.8 Å². The molecular weight excluding hydrogens is 262 g/mol. The molecule has 112 valence electrons. The lowest BCUT2D eigenvalue weighted by Gasteiger charge is -2.23. The van der Waals surface area contributed by atoms with E-state index in [9.17, 15) is 4.79 Å². The average Bonchev–Trinajstić information content (AvgIpc) is 2.42. The van der Waals surface area contributed by atoms with Gasteiger partial charge in [-0.3, -0.25) is 9.78 Å². The molecule has 1 atom stereocenters. The summed E-state index contributed by atoms with van der Waals surface area (Å²) in [5, 5.41) is 3.78. The van der Waals surface area contributed by atoms with Crippen LogP contribution in [0.2, 0.25) is 0 Å². The van der Waals surface area contributed by atoms with Gasteiger partial charge in [-0.15, -0.1) is 0 Å². The maximum Gasteiger partial charge on any atom is 0.252 e. The number of amides is 1. The van der Waals surface area contributed by atoms with Gasteiger partial charge in [0, 0.05) is 29.7 Å². The Bertz CT molecular complexity index is 626. The lowest BCUT2D eigenvalue weighted by Crippen LogP contribution is -2.39. The molecule has 0 saturated carbocycles. The zero-order chi connectivity index (χ0) is 15.5. The molecule has 0 spiro atoms. The number of nitrogens with one attached hydrogen (secondary N) is 1. The SMILES string of the molecule is CC(C)(C)CC(N)CNC(=O)c1cccc2ncccc12. The second kappa shape index (κ2) is 6.22. The molecule has 1 amide bonds. The number of carbonyl (C=O) groups is 1. The number of carbonyl (C=O) groups excluding carboxylic acids is 1. The molecule has 0 aliphatic carbocycles. The second-order valence-electron chi connectivity index (χ2n) is 6.61. The van der Waals surface area contributed by atoms with Gasteiger partial charge in [-0.1, -0.05) is 32.9 Å². The van der Waals surface area contributed by atoms with Crippen molar-refractivity contribution < 1.29 is 4.79 Å². The van der Waals surface area contributed by atoms with Gasteiger partial charge in [0.05, 0.1) is 5.52 Å². The fraction of sp³-hybridized carbons (Fsp3) is 0.412. The van der Waals surface area contributed by atoms with Crippen molar-refractivity contribution in [3.8, 4) is 0 Å². The second-order valence-corrected chi connectivity index (χ2v) is 6.61. The fourth-order valence-corrected chi connectivity index (χ4v) is 2.48. The first-order valence-corrected chi connectivity index (χ1v) is 7.24. The van der Waals surface area contributed by atoms with E-state index in [2.05, 4.69) is 31.1 Å². The first-order valence-electron chi connectivity index (χ1n) is 7.24. The Kier molecular flexibility index (Phi) is 4.58. The highest BCUT2D eigenvalue weighted by molar-refractivity contribution is 6.06. The molecule has 0 aliphatic heterocycles. The predicted octanol–water partition coefficient (Wildman–Crippen LogP) is 2.73. The summed E-state index contributed by atoms with van der Waals surface area (Å²) < 4.78 is 0. The lowest BCUT2D eigenvalue weighted by molar-refractivity contribution is 0.0950. The third-order valence-corrected chi connectivity index (χ3v) is 3.29. The first-order chi connectivity index (χ1) is 9.87. The van der Waals surface area contributed by atoms with Crippen LogP contribution in [0.1, 0.15) is 37.6 Å². The quantitative estimate of drug-likeness (QED) is 0.907. The number of fused-ring (bicyclic) bond motifs is 1. The van der Waals surface area contributed by atoms with Crippen LogP contribution in [0, 0.1) is 5.41 Å². The number of rotatable bonds is 4. The molecule has 3 N–H and O–H groups in total. The van der Waals surface area contributed by atoms with Crippen LogP contribution >= 0.6 is 0 Å². The third-order valence-electron chi connectivity index (χ3n) is 3.29. The molecule has 0 saturated heterocycles. The smallest absolute Gasteiger partial charge is 0.252 e. The molecule has 2 rings (SSSR count). The van der Waals surface area contributed by atoms with E-state index in [-0.39, 0.29) is 17.4 Å². The minimum Gasteiger partial charge on any atom is -0.350 e. The zero-order valence-corrected chi connectivity index (χ0v) is 12.9. The summed E-state index contributed by atoms with van der Waals surface area (Å²) in [6.45, 7) is 6.91. The van der Waals surface area contributed by atoms with Gasteiger partial charge >= 0.3 is 0 Å². The van der Waals surface area contributed by atoms with E-state index < -0.39 is 0 Å². The molecule has 4 heteroatoms. The summed E-state index contributed by atoms with van der Waals surface area (Å²) in [6, 6.07) is 9.27. The molecule has 0 radical (unpaired) electrons. The number of pyridine rings is 1. The summed E-state index contributed by atoms with van der Waals surface area (Å²) in [6.07, 6.45) is 2.59. The summed E-state index contributed by atoms with van der Waals surface area (Å²) in [5.74, 6) is -0.0991. The zero-order valence-electron chi connectivity index (χ0n) is 12.9. The van der Waals surface area contributed by atoms with Crippen LogP contribution < -0.4 is 11.1 Å². The van der Waals surface area contributed by atoms with Gasteiger partial charge in [-0.05, 0) is 30.0 Å². The Balaban J connectivity index is 2.06. The molecule has 0 bridgehead atoms. The summed E-state index contributed by atoms with van der Waals surface area (Å²) in [7, 11) is 0. The van der Waals surface area contributed by atoms with E-state index in [1.165, 1.54) is 0 Å². The average molecular weight is 285 g/mol. The molecule has 2 aromatic rings. The highest BCUT2D eigenvalue weighted by Gasteiger charge is 2.17. The van der Waals surface area contributed by atoms with Gasteiger partial charge < -0.3 is 11.1 Å².